The highest BCUT2D eigenvalue weighted by Gasteiger charge is 2.17. The maximum absolute atomic E-state index is 8.78. The minimum absolute atomic E-state index is 0.273. The lowest BCUT2D eigenvalue weighted by Gasteiger charge is -2.32. The number of hydrogen-bond acceptors (Lipinski definition) is 3. The SMILES string of the molecule is ONC1CCN(c2ccccc2)CC1. The summed E-state index contributed by atoms with van der Waals surface area (Å²) in [6, 6.07) is 10.7. The number of para-hydroxylation sites is 1. The van der Waals surface area contributed by atoms with Crippen LogP contribution in [-0.4, -0.2) is 24.3 Å². The Balaban J connectivity index is 1.96. The molecule has 2 rings (SSSR count). The smallest absolute Gasteiger partial charge is 0.0366 e. The Morgan fingerprint density at radius 3 is 2.36 bits per heavy atom. The molecule has 76 valence electrons. The molecule has 0 bridgehead atoms. The van der Waals surface area contributed by atoms with Crippen LogP contribution < -0.4 is 10.4 Å². The third-order valence-electron chi connectivity index (χ3n) is 2.80. The standard InChI is InChI=1S/C11H16N2O/c14-12-10-6-8-13(9-7-10)11-4-2-1-3-5-11/h1-5,10,12,14H,6-9H2. The maximum Gasteiger partial charge on any atom is 0.0366 e. The Hall–Kier alpha value is -1.06. The molecule has 1 aliphatic heterocycles. The summed E-state index contributed by atoms with van der Waals surface area (Å²) in [5, 5.41) is 8.78. The molecule has 14 heavy (non-hydrogen) atoms. The van der Waals surface area contributed by atoms with Gasteiger partial charge in [-0.15, -0.1) is 0 Å². The van der Waals surface area contributed by atoms with E-state index in [1.54, 1.807) is 0 Å². The van der Waals surface area contributed by atoms with Gasteiger partial charge in [-0.3, -0.25) is 0 Å². The lowest BCUT2D eigenvalue weighted by Crippen LogP contribution is -2.41. The molecular formula is C11H16N2O. The van der Waals surface area contributed by atoms with Crippen molar-refractivity contribution in [3.63, 3.8) is 0 Å². The van der Waals surface area contributed by atoms with Gasteiger partial charge in [0.2, 0.25) is 0 Å². The fourth-order valence-electron chi connectivity index (χ4n) is 1.91. The summed E-state index contributed by atoms with van der Waals surface area (Å²) in [6.45, 7) is 2.03. The Morgan fingerprint density at radius 2 is 1.79 bits per heavy atom. The molecule has 0 radical (unpaired) electrons. The van der Waals surface area contributed by atoms with Gasteiger partial charge in [0.15, 0.2) is 0 Å². The molecule has 1 saturated heterocycles. The fraction of sp³-hybridized carbons (Fsp3) is 0.455. The topological polar surface area (TPSA) is 35.5 Å². The largest absolute Gasteiger partial charge is 0.371 e. The highest BCUT2D eigenvalue weighted by Crippen LogP contribution is 2.18. The van der Waals surface area contributed by atoms with Crippen LogP contribution in [0.4, 0.5) is 5.69 Å². The molecule has 1 aromatic carbocycles. The normalized spacial score (nSPS) is 18.5. The molecule has 3 nitrogen and oxygen atoms in total. The Kier molecular flexibility index (Phi) is 3.01. The zero-order chi connectivity index (χ0) is 9.80. The van der Waals surface area contributed by atoms with Crippen molar-refractivity contribution in [2.45, 2.75) is 18.9 Å². The number of anilines is 1. The molecule has 0 saturated carbocycles. The first-order valence-electron chi connectivity index (χ1n) is 5.10. The molecule has 1 aliphatic rings. The van der Waals surface area contributed by atoms with Gasteiger partial charge < -0.3 is 10.1 Å². The number of nitrogens with one attached hydrogen (secondary N) is 1. The highest BCUT2D eigenvalue weighted by atomic mass is 16.5. The molecule has 1 aromatic rings. The van der Waals surface area contributed by atoms with E-state index in [-0.39, 0.29) is 6.04 Å². The van der Waals surface area contributed by atoms with E-state index >= 15 is 0 Å². The van der Waals surface area contributed by atoms with Crippen LogP contribution in [-0.2, 0) is 0 Å². The summed E-state index contributed by atoms with van der Waals surface area (Å²) in [5.74, 6) is 0. The Bertz CT molecular complexity index is 268. The summed E-state index contributed by atoms with van der Waals surface area (Å²) in [4.78, 5) is 2.36. The molecule has 2 N–H and O–H groups in total. The van der Waals surface area contributed by atoms with E-state index in [0.29, 0.717) is 0 Å². The lowest BCUT2D eigenvalue weighted by molar-refractivity contribution is 0.113. The molecule has 0 spiro atoms. The number of piperidine rings is 1. The monoisotopic (exact) mass is 192 g/mol. The first kappa shape index (κ1) is 9.49. The van der Waals surface area contributed by atoms with Gasteiger partial charge in [-0.05, 0) is 25.0 Å². The quantitative estimate of drug-likeness (QED) is 0.699. The van der Waals surface area contributed by atoms with Gasteiger partial charge in [-0.2, -0.15) is 0 Å². The van der Waals surface area contributed by atoms with Crippen molar-refractivity contribution in [1.29, 1.82) is 0 Å². The van der Waals surface area contributed by atoms with E-state index in [0.717, 1.165) is 25.9 Å². The predicted molar refractivity (Wildman–Crippen MR) is 56.6 cm³/mol. The summed E-state index contributed by atoms with van der Waals surface area (Å²) in [5.41, 5.74) is 3.63. The van der Waals surface area contributed by atoms with E-state index in [4.69, 9.17) is 5.21 Å². The maximum atomic E-state index is 8.78. The van der Waals surface area contributed by atoms with E-state index in [1.807, 2.05) is 6.07 Å². The van der Waals surface area contributed by atoms with Crippen molar-refractivity contribution >= 4 is 5.69 Å². The minimum Gasteiger partial charge on any atom is -0.371 e. The number of benzene rings is 1. The molecule has 0 aromatic heterocycles. The number of rotatable bonds is 2. The highest BCUT2D eigenvalue weighted by molar-refractivity contribution is 5.46. The van der Waals surface area contributed by atoms with Crippen molar-refractivity contribution < 1.29 is 5.21 Å². The molecular weight excluding hydrogens is 176 g/mol. The van der Waals surface area contributed by atoms with Crippen LogP contribution >= 0.6 is 0 Å². The zero-order valence-corrected chi connectivity index (χ0v) is 8.19. The molecule has 3 heteroatoms. The van der Waals surface area contributed by atoms with Crippen LogP contribution in [0.25, 0.3) is 0 Å². The summed E-state index contributed by atoms with van der Waals surface area (Å²) < 4.78 is 0. The van der Waals surface area contributed by atoms with Gasteiger partial charge in [0.1, 0.15) is 0 Å². The second kappa shape index (κ2) is 4.44. The third kappa shape index (κ3) is 2.05. The minimum atomic E-state index is 0.273. The summed E-state index contributed by atoms with van der Waals surface area (Å²) >= 11 is 0. The zero-order valence-electron chi connectivity index (χ0n) is 8.19. The second-order valence-corrected chi connectivity index (χ2v) is 3.73. The van der Waals surface area contributed by atoms with Crippen LogP contribution in [0.5, 0.6) is 0 Å². The summed E-state index contributed by atoms with van der Waals surface area (Å²) in [7, 11) is 0. The van der Waals surface area contributed by atoms with E-state index in [9.17, 15) is 0 Å². The van der Waals surface area contributed by atoms with Gasteiger partial charge in [0.25, 0.3) is 0 Å². The summed E-state index contributed by atoms with van der Waals surface area (Å²) in [6.07, 6.45) is 2.01. The number of hydrogen-bond donors (Lipinski definition) is 2. The number of nitrogens with zero attached hydrogens (tertiary/aromatic N) is 1. The van der Waals surface area contributed by atoms with Gasteiger partial charge >= 0.3 is 0 Å². The molecule has 1 heterocycles. The van der Waals surface area contributed by atoms with Crippen LogP contribution in [0.2, 0.25) is 0 Å². The Morgan fingerprint density at radius 1 is 1.14 bits per heavy atom. The second-order valence-electron chi connectivity index (χ2n) is 3.73. The van der Waals surface area contributed by atoms with Crippen LogP contribution in [0.3, 0.4) is 0 Å². The molecule has 0 aliphatic carbocycles. The Labute approximate surface area is 84.3 Å². The molecule has 1 fully saturated rings. The molecule has 0 unspecified atom stereocenters. The van der Waals surface area contributed by atoms with Crippen molar-refractivity contribution in [2.75, 3.05) is 18.0 Å². The fourth-order valence-corrected chi connectivity index (χ4v) is 1.91. The van der Waals surface area contributed by atoms with E-state index < -0.39 is 0 Å². The van der Waals surface area contributed by atoms with Crippen LogP contribution in [0.1, 0.15) is 12.8 Å². The molecule has 0 atom stereocenters. The third-order valence-corrected chi connectivity index (χ3v) is 2.80. The van der Waals surface area contributed by atoms with Crippen LogP contribution in [0, 0.1) is 0 Å². The van der Waals surface area contributed by atoms with Gasteiger partial charge in [0.05, 0.1) is 0 Å². The average molecular weight is 192 g/mol. The predicted octanol–water partition coefficient (Wildman–Crippen LogP) is 1.63. The first-order chi connectivity index (χ1) is 6.90. The average Bonchev–Trinajstić information content (AvgIpc) is 2.30. The van der Waals surface area contributed by atoms with Crippen molar-refractivity contribution in [3.05, 3.63) is 30.3 Å². The number of hydroxylamine groups is 1. The van der Waals surface area contributed by atoms with Crippen molar-refractivity contribution in [2.24, 2.45) is 0 Å². The lowest BCUT2D eigenvalue weighted by atomic mass is 10.1. The van der Waals surface area contributed by atoms with Crippen LogP contribution in [0.15, 0.2) is 30.3 Å². The van der Waals surface area contributed by atoms with Crippen molar-refractivity contribution in [1.82, 2.24) is 5.48 Å². The van der Waals surface area contributed by atoms with Crippen molar-refractivity contribution in [3.8, 4) is 0 Å². The van der Waals surface area contributed by atoms with E-state index in [2.05, 4.69) is 34.6 Å². The van der Waals surface area contributed by atoms with E-state index in [1.165, 1.54) is 5.69 Å². The molecule has 0 amide bonds. The first-order valence-corrected chi connectivity index (χ1v) is 5.10. The van der Waals surface area contributed by atoms with Gasteiger partial charge in [0, 0.05) is 24.8 Å². The van der Waals surface area contributed by atoms with Gasteiger partial charge in [-0.1, -0.05) is 18.2 Å². The van der Waals surface area contributed by atoms with Gasteiger partial charge in [-0.25, -0.2) is 5.48 Å².